The van der Waals surface area contributed by atoms with Crippen LogP contribution in [0.3, 0.4) is 0 Å². The number of rotatable bonds is 6. The molecule has 0 unspecified atom stereocenters. The van der Waals surface area contributed by atoms with Gasteiger partial charge in [-0.1, -0.05) is 50.3 Å². The molecule has 92 valence electrons. The van der Waals surface area contributed by atoms with Gasteiger partial charge in [-0.05, 0) is 29.9 Å². The smallest absolute Gasteiger partial charge is 0.303 e. The highest BCUT2D eigenvalue weighted by Gasteiger charge is 1.97. The van der Waals surface area contributed by atoms with Crippen molar-refractivity contribution in [3.63, 3.8) is 0 Å². The molecule has 0 atom stereocenters. The zero-order valence-electron chi connectivity index (χ0n) is 10.5. The molecule has 0 amide bonds. The van der Waals surface area contributed by atoms with Crippen molar-refractivity contribution in [1.29, 1.82) is 0 Å². The largest absolute Gasteiger partial charge is 0.481 e. The van der Waals surface area contributed by atoms with E-state index in [1.54, 1.807) is 0 Å². The average Bonchev–Trinajstić information content (AvgIpc) is 2.29. The number of aliphatic carboxylic acids is 1. The molecule has 0 saturated heterocycles. The fourth-order valence-electron chi connectivity index (χ4n) is 1.58. The SMILES string of the molecule is CC(C)c1ccc(/C=C/CCCC(=O)O)cc1. The van der Waals surface area contributed by atoms with E-state index in [1.165, 1.54) is 11.1 Å². The van der Waals surface area contributed by atoms with Gasteiger partial charge < -0.3 is 5.11 Å². The van der Waals surface area contributed by atoms with Crippen molar-refractivity contribution in [2.75, 3.05) is 0 Å². The topological polar surface area (TPSA) is 37.3 Å². The third kappa shape index (κ3) is 5.34. The number of hydrogen-bond donors (Lipinski definition) is 1. The van der Waals surface area contributed by atoms with Crippen LogP contribution in [-0.2, 0) is 4.79 Å². The molecule has 17 heavy (non-hydrogen) atoms. The molecule has 0 spiro atoms. The van der Waals surface area contributed by atoms with Crippen LogP contribution in [-0.4, -0.2) is 11.1 Å². The first-order valence-corrected chi connectivity index (χ1v) is 6.08. The lowest BCUT2D eigenvalue weighted by atomic mass is 10.0. The molecule has 1 N–H and O–H groups in total. The second-order valence-electron chi connectivity index (χ2n) is 4.51. The number of carboxylic acid groups (broad SMARTS) is 1. The lowest BCUT2D eigenvalue weighted by Gasteiger charge is -2.04. The summed E-state index contributed by atoms with van der Waals surface area (Å²) in [5, 5.41) is 8.49. The van der Waals surface area contributed by atoms with Gasteiger partial charge in [0.05, 0.1) is 0 Å². The van der Waals surface area contributed by atoms with E-state index < -0.39 is 5.97 Å². The maximum Gasteiger partial charge on any atom is 0.303 e. The minimum absolute atomic E-state index is 0.247. The molecule has 2 heteroatoms. The van der Waals surface area contributed by atoms with Crippen LogP contribution in [0.4, 0.5) is 0 Å². The number of benzene rings is 1. The number of carbonyl (C=O) groups is 1. The second kappa shape index (κ2) is 6.89. The van der Waals surface area contributed by atoms with Gasteiger partial charge in [-0.25, -0.2) is 0 Å². The van der Waals surface area contributed by atoms with Gasteiger partial charge in [0, 0.05) is 6.42 Å². The van der Waals surface area contributed by atoms with E-state index in [0.29, 0.717) is 12.3 Å². The fourth-order valence-corrected chi connectivity index (χ4v) is 1.58. The number of carboxylic acids is 1. The quantitative estimate of drug-likeness (QED) is 0.750. The van der Waals surface area contributed by atoms with Gasteiger partial charge in [0.1, 0.15) is 0 Å². The lowest BCUT2D eigenvalue weighted by Crippen LogP contribution is -1.92. The van der Waals surface area contributed by atoms with Crippen molar-refractivity contribution in [3.8, 4) is 0 Å². The maximum absolute atomic E-state index is 10.3. The van der Waals surface area contributed by atoms with Gasteiger partial charge in [-0.3, -0.25) is 4.79 Å². The van der Waals surface area contributed by atoms with E-state index in [0.717, 1.165) is 6.42 Å². The van der Waals surface area contributed by atoms with E-state index in [4.69, 9.17) is 5.11 Å². The predicted molar refractivity (Wildman–Crippen MR) is 71.1 cm³/mol. The molecule has 0 radical (unpaired) electrons. The Hall–Kier alpha value is -1.57. The van der Waals surface area contributed by atoms with E-state index in [-0.39, 0.29) is 6.42 Å². The zero-order chi connectivity index (χ0) is 12.7. The standard InChI is InChI=1S/C15H20O2/c1-12(2)14-10-8-13(9-11-14)6-4-3-5-7-15(16)17/h4,6,8-12H,3,5,7H2,1-2H3,(H,16,17)/b6-4+. The van der Waals surface area contributed by atoms with Crippen molar-refractivity contribution < 1.29 is 9.90 Å². The summed E-state index contributed by atoms with van der Waals surface area (Å²) in [6, 6.07) is 8.48. The summed E-state index contributed by atoms with van der Waals surface area (Å²) in [7, 11) is 0. The Balaban J connectivity index is 2.41. The van der Waals surface area contributed by atoms with E-state index >= 15 is 0 Å². The summed E-state index contributed by atoms with van der Waals surface area (Å²) < 4.78 is 0. The van der Waals surface area contributed by atoms with Gasteiger partial charge in [0.25, 0.3) is 0 Å². The van der Waals surface area contributed by atoms with Gasteiger partial charge in [0.2, 0.25) is 0 Å². The highest BCUT2D eigenvalue weighted by Crippen LogP contribution is 2.15. The first kappa shape index (κ1) is 13.5. The third-order valence-corrected chi connectivity index (χ3v) is 2.67. The molecule has 0 fully saturated rings. The first-order chi connectivity index (χ1) is 8.09. The van der Waals surface area contributed by atoms with Crippen molar-refractivity contribution in [2.45, 2.75) is 39.0 Å². The summed E-state index contributed by atoms with van der Waals surface area (Å²) >= 11 is 0. The van der Waals surface area contributed by atoms with Crippen molar-refractivity contribution in [1.82, 2.24) is 0 Å². The van der Waals surface area contributed by atoms with Crippen molar-refractivity contribution in [2.24, 2.45) is 0 Å². The molecule has 1 aromatic carbocycles. The summed E-state index contributed by atoms with van der Waals surface area (Å²) in [4.78, 5) is 10.3. The third-order valence-electron chi connectivity index (χ3n) is 2.67. The van der Waals surface area contributed by atoms with Crippen LogP contribution in [0.15, 0.2) is 30.3 Å². The fraction of sp³-hybridized carbons (Fsp3) is 0.400. The normalized spacial score (nSPS) is 11.2. The molecule has 2 nitrogen and oxygen atoms in total. The minimum Gasteiger partial charge on any atom is -0.481 e. The monoisotopic (exact) mass is 232 g/mol. The van der Waals surface area contributed by atoms with Crippen LogP contribution in [0.5, 0.6) is 0 Å². The molecular weight excluding hydrogens is 212 g/mol. The van der Waals surface area contributed by atoms with E-state index in [2.05, 4.69) is 38.1 Å². The molecule has 0 bridgehead atoms. The molecule has 0 aromatic heterocycles. The van der Waals surface area contributed by atoms with Crippen molar-refractivity contribution >= 4 is 12.0 Å². The predicted octanol–water partition coefficient (Wildman–Crippen LogP) is 4.08. The lowest BCUT2D eigenvalue weighted by molar-refractivity contribution is -0.137. The molecule has 0 aliphatic rings. The van der Waals surface area contributed by atoms with Crippen LogP contribution in [0.1, 0.15) is 50.2 Å². The molecule has 0 heterocycles. The summed E-state index contributed by atoms with van der Waals surface area (Å²) in [5.41, 5.74) is 2.51. The Morgan fingerprint density at radius 2 is 1.94 bits per heavy atom. The maximum atomic E-state index is 10.3. The van der Waals surface area contributed by atoms with Crippen molar-refractivity contribution in [3.05, 3.63) is 41.5 Å². The second-order valence-corrected chi connectivity index (χ2v) is 4.51. The molecule has 1 aromatic rings. The molecule has 1 rings (SSSR count). The first-order valence-electron chi connectivity index (χ1n) is 6.08. The Morgan fingerprint density at radius 3 is 2.47 bits per heavy atom. The highest BCUT2D eigenvalue weighted by atomic mass is 16.4. The van der Waals surface area contributed by atoms with Gasteiger partial charge in [-0.15, -0.1) is 0 Å². The van der Waals surface area contributed by atoms with Crippen LogP contribution >= 0.6 is 0 Å². The molecule has 0 saturated carbocycles. The van der Waals surface area contributed by atoms with E-state index in [9.17, 15) is 4.79 Å². The Bertz CT molecular complexity index is 374. The van der Waals surface area contributed by atoms with Crippen LogP contribution in [0.25, 0.3) is 6.08 Å². The van der Waals surface area contributed by atoms with E-state index in [1.807, 2.05) is 12.2 Å². The van der Waals surface area contributed by atoms with Crippen LogP contribution in [0.2, 0.25) is 0 Å². The summed E-state index contributed by atoms with van der Waals surface area (Å²) in [6.45, 7) is 4.35. The number of unbranched alkanes of at least 4 members (excludes halogenated alkanes) is 1. The number of hydrogen-bond acceptors (Lipinski definition) is 1. The van der Waals surface area contributed by atoms with Gasteiger partial charge in [0.15, 0.2) is 0 Å². The van der Waals surface area contributed by atoms with Gasteiger partial charge in [-0.2, -0.15) is 0 Å². The minimum atomic E-state index is -0.723. The highest BCUT2D eigenvalue weighted by molar-refractivity contribution is 5.66. The molecule has 0 aliphatic heterocycles. The zero-order valence-corrected chi connectivity index (χ0v) is 10.5. The molecule has 0 aliphatic carbocycles. The van der Waals surface area contributed by atoms with Crippen LogP contribution < -0.4 is 0 Å². The Kier molecular flexibility index (Phi) is 5.47. The van der Waals surface area contributed by atoms with Crippen LogP contribution in [0, 0.1) is 0 Å². The molecular formula is C15H20O2. The summed E-state index contributed by atoms with van der Waals surface area (Å²) in [6.07, 6.45) is 5.85. The summed E-state index contributed by atoms with van der Waals surface area (Å²) in [5.74, 6) is -0.164. The number of allylic oxidation sites excluding steroid dienone is 1. The Labute approximate surface area is 103 Å². The average molecular weight is 232 g/mol. The van der Waals surface area contributed by atoms with Gasteiger partial charge >= 0.3 is 5.97 Å². The Morgan fingerprint density at radius 1 is 1.29 bits per heavy atom.